The van der Waals surface area contributed by atoms with Crippen molar-refractivity contribution in [1.29, 1.82) is 0 Å². The molecule has 0 bridgehead atoms. The van der Waals surface area contributed by atoms with Crippen molar-refractivity contribution in [3.05, 3.63) is 34.9 Å². The minimum absolute atomic E-state index is 0.827. The summed E-state index contributed by atoms with van der Waals surface area (Å²) in [6.45, 7) is 8.46. The Hall–Kier alpha value is -0.900. The molecular formula is C17H25N3. The quantitative estimate of drug-likeness (QED) is 0.906. The molecule has 2 saturated heterocycles. The van der Waals surface area contributed by atoms with Gasteiger partial charge < -0.3 is 5.32 Å². The van der Waals surface area contributed by atoms with Crippen LogP contribution in [0.1, 0.15) is 36.0 Å². The van der Waals surface area contributed by atoms with Gasteiger partial charge in [-0.05, 0) is 49.0 Å². The summed E-state index contributed by atoms with van der Waals surface area (Å²) in [5.41, 5.74) is 4.50. The predicted molar refractivity (Wildman–Crippen MR) is 81.5 cm³/mol. The first kappa shape index (κ1) is 12.8. The SMILES string of the molecule is c1cc2c(cc1CN1CCC(N3CCCC3)C1)CNC2. The van der Waals surface area contributed by atoms with Crippen molar-refractivity contribution in [1.82, 2.24) is 15.1 Å². The number of likely N-dealkylation sites (tertiary alicyclic amines) is 2. The highest BCUT2D eigenvalue weighted by Crippen LogP contribution is 2.23. The fourth-order valence-electron chi connectivity index (χ4n) is 4.07. The van der Waals surface area contributed by atoms with Crippen LogP contribution in [0.25, 0.3) is 0 Å². The maximum atomic E-state index is 3.43. The van der Waals surface area contributed by atoms with E-state index >= 15 is 0 Å². The maximum absolute atomic E-state index is 3.43. The van der Waals surface area contributed by atoms with Crippen LogP contribution >= 0.6 is 0 Å². The lowest BCUT2D eigenvalue weighted by atomic mass is 10.1. The van der Waals surface area contributed by atoms with E-state index in [0.717, 1.165) is 25.7 Å². The van der Waals surface area contributed by atoms with Crippen LogP contribution in [0.15, 0.2) is 18.2 Å². The van der Waals surface area contributed by atoms with Gasteiger partial charge in [-0.2, -0.15) is 0 Å². The summed E-state index contributed by atoms with van der Waals surface area (Å²) < 4.78 is 0. The molecule has 1 aromatic rings. The number of nitrogens with one attached hydrogen (secondary N) is 1. The zero-order valence-corrected chi connectivity index (χ0v) is 12.3. The molecule has 0 aromatic heterocycles. The van der Waals surface area contributed by atoms with E-state index in [1.54, 1.807) is 0 Å². The molecule has 0 amide bonds. The Labute approximate surface area is 121 Å². The summed E-state index contributed by atoms with van der Waals surface area (Å²) in [5, 5.41) is 3.43. The average molecular weight is 271 g/mol. The van der Waals surface area contributed by atoms with E-state index in [4.69, 9.17) is 0 Å². The summed E-state index contributed by atoms with van der Waals surface area (Å²) in [5.74, 6) is 0. The molecule has 108 valence electrons. The molecule has 1 atom stereocenters. The van der Waals surface area contributed by atoms with Crippen LogP contribution in [0.5, 0.6) is 0 Å². The highest BCUT2D eigenvalue weighted by atomic mass is 15.3. The summed E-state index contributed by atoms with van der Waals surface area (Å²) in [7, 11) is 0. The lowest BCUT2D eigenvalue weighted by Crippen LogP contribution is -2.35. The molecule has 1 unspecified atom stereocenters. The fraction of sp³-hybridized carbons (Fsp3) is 0.647. The molecule has 0 aliphatic carbocycles. The van der Waals surface area contributed by atoms with E-state index in [2.05, 4.69) is 33.3 Å². The molecule has 3 heteroatoms. The molecule has 2 fully saturated rings. The van der Waals surface area contributed by atoms with Crippen LogP contribution in [0.3, 0.4) is 0 Å². The third-order valence-electron chi connectivity index (χ3n) is 5.21. The van der Waals surface area contributed by atoms with Crippen LogP contribution in [0, 0.1) is 0 Å². The molecule has 3 aliphatic heterocycles. The topological polar surface area (TPSA) is 18.5 Å². The van der Waals surface area contributed by atoms with Crippen molar-refractivity contribution >= 4 is 0 Å². The van der Waals surface area contributed by atoms with Gasteiger partial charge in [-0.15, -0.1) is 0 Å². The number of rotatable bonds is 3. The van der Waals surface area contributed by atoms with Crippen molar-refractivity contribution in [2.45, 2.75) is 44.9 Å². The summed E-state index contributed by atoms with van der Waals surface area (Å²) in [6, 6.07) is 7.89. The largest absolute Gasteiger partial charge is 0.309 e. The van der Waals surface area contributed by atoms with Crippen molar-refractivity contribution in [2.75, 3.05) is 26.2 Å². The molecule has 20 heavy (non-hydrogen) atoms. The normalized spacial score (nSPS) is 27.3. The summed E-state index contributed by atoms with van der Waals surface area (Å²) in [6.07, 6.45) is 4.19. The van der Waals surface area contributed by atoms with Gasteiger partial charge in [0, 0.05) is 38.8 Å². The van der Waals surface area contributed by atoms with Crippen molar-refractivity contribution in [3.8, 4) is 0 Å². The zero-order valence-electron chi connectivity index (χ0n) is 12.3. The molecule has 3 nitrogen and oxygen atoms in total. The van der Waals surface area contributed by atoms with Crippen molar-refractivity contribution in [3.63, 3.8) is 0 Å². The van der Waals surface area contributed by atoms with Gasteiger partial charge in [0.15, 0.2) is 0 Å². The average Bonchev–Trinajstić information content (AvgIpc) is 3.19. The minimum atomic E-state index is 0.827. The molecule has 0 saturated carbocycles. The second-order valence-corrected chi connectivity index (χ2v) is 6.63. The van der Waals surface area contributed by atoms with Gasteiger partial charge in [0.25, 0.3) is 0 Å². The first-order valence-corrected chi connectivity index (χ1v) is 8.16. The third-order valence-corrected chi connectivity index (χ3v) is 5.21. The van der Waals surface area contributed by atoms with E-state index in [9.17, 15) is 0 Å². The van der Waals surface area contributed by atoms with Crippen molar-refractivity contribution < 1.29 is 0 Å². The number of nitrogens with zero attached hydrogens (tertiary/aromatic N) is 2. The Morgan fingerprint density at radius 2 is 1.90 bits per heavy atom. The molecular weight excluding hydrogens is 246 g/mol. The van der Waals surface area contributed by atoms with Gasteiger partial charge in [-0.1, -0.05) is 18.2 Å². The smallest absolute Gasteiger partial charge is 0.0235 e. The molecule has 4 rings (SSSR count). The van der Waals surface area contributed by atoms with E-state index in [1.165, 1.54) is 62.1 Å². The van der Waals surface area contributed by atoms with E-state index in [1.807, 2.05) is 0 Å². The molecule has 0 radical (unpaired) electrons. The first-order chi connectivity index (χ1) is 9.88. The number of benzene rings is 1. The summed E-state index contributed by atoms with van der Waals surface area (Å²) >= 11 is 0. The van der Waals surface area contributed by atoms with Gasteiger partial charge in [-0.25, -0.2) is 0 Å². The van der Waals surface area contributed by atoms with E-state index in [0.29, 0.717) is 0 Å². The number of hydrogen-bond donors (Lipinski definition) is 1. The van der Waals surface area contributed by atoms with Crippen LogP contribution in [0.2, 0.25) is 0 Å². The molecule has 0 spiro atoms. The van der Waals surface area contributed by atoms with Gasteiger partial charge >= 0.3 is 0 Å². The molecule has 1 N–H and O–H groups in total. The van der Waals surface area contributed by atoms with Crippen LogP contribution in [-0.4, -0.2) is 42.0 Å². The van der Waals surface area contributed by atoms with Crippen LogP contribution in [0.4, 0.5) is 0 Å². The number of fused-ring (bicyclic) bond motifs is 1. The van der Waals surface area contributed by atoms with Crippen LogP contribution in [-0.2, 0) is 19.6 Å². The zero-order chi connectivity index (χ0) is 13.4. The molecule has 3 aliphatic rings. The summed E-state index contributed by atoms with van der Waals surface area (Å²) in [4.78, 5) is 5.36. The molecule has 3 heterocycles. The van der Waals surface area contributed by atoms with Crippen LogP contribution < -0.4 is 5.32 Å². The third kappa shape index (κ3) is 2.50. The monoisotopic (exact) mass is 271 g/mol. The second kappa shape index (κ2) is 5.47. The van der Waals surface area contributed by atoms with Crippen molar-refractivity contribution in [2.24, 2.45) is 0 Å². The van der Waals surface area contributed by atoms with Gasteiger partial charge in [-0.3, -0.25) is 9.80 Å². The molecule has 1 aromatic carbocycles. The highest BCUT2D eigenvalue weighted by Gasteiger charge is 2.29. The predicted octanol–water partition coefficient (Wildman–Crippen LogP) is 1.96. The highest BCUT2D eigenvalue weighted by molar-refractivity contribution is 5.34. The number of hydrogen-bond acceptors (Lipinski definition) is 3. The minimum Gasteiger partial charge on any atom is -0.309 e. The fourth-order valence-corrected chi connectivity index (χ4v) is 4.07. The Kier molecular flexibility index (Phi) is 3.51. The lowest BCUT2D eigenvalue weighted by molar-refractivity contribution is 0.230. The Morgan fingerprint density at radius 1 is 1.05 bits per heavy atom. The van der Waals surface area contributed by atoms with E-state index in [-0.39, 0.29) is 0 Å². The second-order valence-electron chi connectivity index (χ2n) is 6.63. The van der Waals surface area contributed by atoms with E-state index < -0.39 is 0 Å². The lowest BCUT2D eigenvalue weighted by Gasteiger charge is -2.23. The Morgan fingerprint density at radius 3 is 2.80 bits per heavy atom. The van der Waals surface area contributed by atoms with Gasteiger partial charge in [0.1, 0.15) is 0 Å². The Balaban J connectivity index is 1.37. The van der Waals surface area contributed by atoms with Gasteiger partial charge in [0.2, 0.25) is 0 Å². The van der Waals surface area contributed by atoms with Gasteiger partial charge in [0.05, 0.1) is 0 Å². The first-order valence-electron chi connectivity index (χ1n) is 8.16. The maximum Gasteiger partial charge on any atom is 0.0235 e. The Bertz CT molecular complexity index is 479. The standard InChI is InChI=1S/C17H25N3/c1-2-7-20(6-1)17-5-8-19(13-17)12-14-3-4-15-10-18-11-16(15)9-14/h3-4,9,17-18H,1-2,5-8,10-13H2.